The Morgan fingerprint density at radius 3 is 2.31 bits per heavy atom. The molecule has 88 valence electrons. The number of rotatable bonds is 3. The maximum Gasteiger partial charge on any atom is 0.0135 e. The minimum absolute atomic E-state index is 0.822. The zero-order chi connectivity index (χ0) is 10.6. The van der Waals surface area contributed by atoms with Crippen LogP contribution in [0.3, 0.4) is 0 Å². The standard InChI is InChI=1S/C15H23N/c1-6(2)5-16-15-12-8-4-9-11-7(8)3-10(12)13(11)14(9)15/h6-16H,3-5H2,1-2H3. The predicted molar refractivity (Wildman–Crippen MR) is 63.8 cm³/mol. The third-order valence-corrected chi connectivity index (χ3v) is 7.08. The van der Waals surface area contributed by atoms with E-state index in [2.05, 4.69) is 19.2 Å². The summed E-state index contributed by atoms with van der Waals surface area (Å²) >= 11 is 0. The van der Waals surface area contributed by atoms with Gasteiger partial charge in [0, 0.05) is 6.04 Å². The highest BCUT2D eigenvalue weighted by Crippen LogP contribution is 2.82. The summed E-state index contributed by atoms with van der Waals surface area (Å²) < 4.78 is 0. The van der Waals surface area contributed by atoms with Crippen LogP contribution in [0.2, 0.25) is 0 Å². The molecule has 0 amide bonds. The molecule has 5 saturated carbocycles. The minimum Gasteiger partial charge on any atom is -0.313 e. The van der Waals surface area contributed by atoms with Crippen LogP contribution in [0.15, 0.2) is 0 Å². The van der Waals surface area contributed by atoms with E-state index in [0.29, 0.717) is 0 Å². The fourth-order valence-electron chi connectivity index (χ4n) is 7.12. The summed E-state index contributed by atoms with van der Waals surface area (Å²) in [5.74, 6) is 10.2. The van der Waals surface area contributed by atoms with Crippen LogP contribution in [0.1, 0.15) is 26.7 Å². The highest BCUT2D eigenvalue weighted by atomic mass is 15.0. The molecule has 5 rings (SSSR count). The molecule has 5 aliphatic carbocycles. The Kier molecular flexibility index (Phi) is 1.42. The molecule has 0 heterocycles. The Labute approximate surface area is 98.4 Å². The zero-order valence-electron chi connectivity index (χ0n) is 10.4. The van der Waals surface area contributed by atoms with Gasteiger partial charge in [-0.1, -0.05) is 13.8 Å². The number of fused-ring (bicyclic) bond motifs is 2. The molecule has 2 bridgehead atoms. The van der Waals surface area contributed by atoms with Crippen molar-refractivity contribution >= 4 is 0 Å². The largest absolute Gasteiger partial charge is 0.313 e. The monoisotopic (exact) mass is 217 g/mol. The molecule has 0 saturated heterocycles. The van der Waals surface area contributed by atoms with Crippen LogP contribution in [0, 0.1) is 53.3 Å². The third kappa shape index (κ3) is 0.723. The van der Waals surface area contributed by atoms with Gasteiger partial charge in [0.15, 0.2) is 0 Å². The van der Waals surface area contributed by atoms with E-state index >= 15 is 0 Å². The Hall–Kier alpha value is -0.0400. The van der Waals surface area contributed by atoms with Crippen LogP contribution in [-0.4, -0.2) is 12.6 Å². The van der Waals surface area contributed by atoms with Gasteiger partial charge in [0.25, 0.3) is 0 Å². The second-order valence-corrected chi connectivity index (χ2v) is 7.76. The molecule has 1 N–H and O–H groups in total. The lowest BCUT2D eigenvalue weighted by Gasteiger charge is -2.48. The molecular weight excluding hydrogens is 194 g/mol. The van der Waals surface area contributed by atoms with Crippen molar-refractivity contribution in [2.45, 2.75) is 32.7 Å². The van der Waals surface area contributed by atoms with Crippen molar-refractivity contribution in [3.8, 4) is 0 Å². The van der Waals surface area contributed by atoms with Crippen molar-refractivity contribution in [3.63, 3.8) is 0 Å². The van der Waals surface area contributed by atoms with Crippen LogP contribution in [0.5, 0.6) is 0 Å². The fraction of sp³-hybridized carbons (Fsp3) is 1.00. The summed E-state index contributed by atoms with van der Waals surface area (Å²) in [6.07, 6.45) is 3.27. The molecule has 0 aromatic heterocycles. The van der Waals surface area contributed by atoms with Gasteiger partial charge in [-0.15, -0.1) is 0 Å². The Morgan fingerprint density at radius 2 is 1.56 bits per heavy atom. The van der Waals surface area contributed by atoms with E-state index in [9.17, 15) is 0 Å². The topological polar surface area (TPSA) is 12.0 Å². The summed E-state index contributed by atoms with van der Waals surface area (Å²) in [4.78, 5) is 0. The minimum atomic E-state index is 0.822. The van der Waals surface area contributed by atoms with Crippen LogP contribution < -0.4 is 5.32 Å². The van der Waals surface area contributed by atoms with Crippen molar-refractivity contribution in [2.24, 2.45) is 53.3 Å². The average Bonchev–Trinajstić information content (AvgIpc) is 2.72. The second-order valence-electron chi connectivity index (χ2n) is 7.76. The molecule has 9 unspecified atom stereocenters. The van der Waals surface area contributed by atoms with E-state index in [-0.39, 0.29) is 0 Å². The number of hydrogen-bond acceptors (Lipinski definition) is 1. The van der Waals surface area contributed by atoms with E-state index in [1.165, 1.54) is 42.1 Å². The molecule has 5 aliphatic rings. The van der Waals surface area contributed by atoms with E-state index in [1.54, 1.807) is 12.8 Å². The molecular formula is C15H23N. The molecule has 9 atom stereocenters. The van der Waals surface area contributed by atoms with Gasteiger partial charge in [-0.2, -0.15) is 0 Å². The molecule has 0 radical (unpaired) electrons. The van der Waals surface area contributed by atoms with Crippen LogP contribution >= 0.6 is 0 Å². The summed E-state index contributed by atoms with van der Waals surface area (Å²) in [6, 6.07) is 0.949. The third-order valence-electron chi connectivity index (χ3n) is 7.08. The van der Waals surface area contributed by atoms with Crippen molar-refractivity contribution in [2.75, 3.05) is 6.54 Å². The summed E-state index contributed by atoms with van der Waals surface area (Å²) in [7, 11) is 0. The lowest BCUT2D eigenvalue weighted by molar-refractivity contribution is 0.00928. The molecule has 0 aromatic rings. The molecule has 0 aromatic carbocycles. The van der Waals surface area contributed by atoms with Gasteiger partial charge in [-0.05, 0) is 72.6 Å². The lowest BCUT2D eigenvalue weighted by Crippen LogP contribution is -2.51. The quantitative estimate of drug-likeness (QED) is 0.765. The normalized spacial score (nSPS) is 67.3. The van der Waals surface area contributed by atoms with Gasteiger partial charge in [-0.25, -0.2) is 0 Å². The van der Waals surface area contributed by atoms with Crippen molar-refractivity contribution in [1.82, 2.24) is 5.32 Å². The maximum atomic E-state index is 3.96. The van der Waals surface area contributed by atoms with E-state index in [0.717, 1.165) is 23.8 Å². The van der Waals surface area contributed by atoms with Gasteiger partial charge >= 0.3 is 0 Å². The highest BCUT2D eigenvalue weighted by Gasteiger charge is 2.80. The number of nitrogens with one attached hydrogen (secondary N) is 1. The first kappa shape index (κ1) is 8.97. The molecule has 0 spiro atoms. The Morgan fingerprint density at radius 1 is 0.875 bits per heavy atom. The van der Waals surface area contributed by atoms with Crippen LogP contribution in [-0.2, 0) is 0 Å². The Balaban J connectivity index is 1.47. The smallest absolute Gasteiger partial charge is 0.0135 e. The van der Waals surface area contributed by atoms with Gasteiger partial charge in [-0.3, -0.25) is 0 Å². The summed E-state index contributed by atoms with van der Waals surface area (Å²) in [6.45, 7) is 5.95. The Bertz CT molecular complexity index is 343. The van der Waals surface area contributed by atoms with Crippen LogP contribution in [0.25, 0.3) is 0 Å². The molecule has 1 nitrogen and oxygen atoms in total. The first-order valence-corrected chi connectivity index (χ1v) is 7.50. The van der Waals surface area contributed by atoms with Crippen molar-refractivity contribution in [1.29, 1.82) is 0 Å². The molecule has 1 heteroatoms. The van der Waals surface area contributed by atoms with E-state index in [1.807, 2.05) is 0 Å². The summed E-state index contributed by atoms with van der Waals surface area (Å²) in [5.41, 5.74) is 0. The fourth-order valence-corrected chi connectivity index (χ4v) is 7.12. The zero-order valence-corrected chi connectivity index (χ0v) is 10.4. The first-order valence-electron chi connectivity index (χ1n) is 7.50. The van der Waals surface area contributed by atoms with Gasteiger partial charge in [0.1, 0.15) is 0 Å². The molecule has 5 fully saturated rings. The lowest BCUT2D eigenvalue weighted by atomic mass is 9.59. The predicted octanol–water partition coefficient (Wildman–Crippen LogP) is 2.38. The highest BCUT2D eigenvalue weighted by molar-refractivity contribution is 5.29. The first-order chi connectivity index (χ1) is 7.77. The van der Waals surface area contributed by atoms with Crippen molar-refractivity contribution < 1.29 is 0 Å². The van der Waals surface area contributed by atoms with Crippen LogP contribution in [0.4, 0.5) is 0 Å². The van der Waals surface area contributed by atoms with Crippen molar-refractivity contribution in [3.05, 3.63) is 0 Å². The second kappa shape index (κ2) is 2.53. The molecule has 0 aliphatic heterocycles. The van der Waals surface area contributed by atoms with E-state index < -0.39 is 0 Å². The van der Waals surface area contributed by atoms with Gasteiger partial charge in [0.2, 0.25) is 0 Å². The van der Waals surface area contributed by atoms with Gasteiger partial charge < -0.3 is 5.32 Å². The maximum absolute atomic E-state index is 3.96. The average molecular weight is 217 g/mol. The molecule has 16 heavy (non-hydrogen) atoms. The summed E-state index contributed by atoms with van der Waals surface area (Å²) in [5, 5.41) is 3.96. The van der Waals surface area contributed by atoms with E-state index in [4.69, 9.17) is 0 Å². The SMILES string of the molecule is CC(C)CNC1C2C3CC4C5C3CC2C5C41. The number of hydrogen-bond donors (Lipinski definition) is 1. The van der Waals surface area contributed by atoms with Gasteiger partial charge in [0.05, 0.1) is 0 Å².